The van der Waals surface area contributed by atoms with Crippen LogP contribution in [-0.2, 0) is 23.8 Å². The molecule has 0 aromatic rings. The summed E-state index contributed by atoms with van der Waals surface area (Å²) in [6.45, 7) is 10.6. The van der Waals surface area contributed by atoms with Crippen LogP contribution in [0.4, 0.5) is 0 Å². The standard InChI is InChI=1S/C12H18O5.C2H6O2/c1-9(2)11(13)16-7-5-15-6-8-17-12(14)10(3)4;3-1-2-4/h1,3,5-8H2,2,4H3;3-4H,1-2H2. The molecule has 0 atom stereocenters. The molecule has 7 nitrogen and oxygen atoms in total. The van der Waals surface area contributed by atoms with Crippen molar-refractivity contribution >= 4 is 11.9 Å². The Balaban J connectivity index is 0. The van der Waals surface area contributed by atoms with Gasteiger partial charge in [0, 0.05) is 11.1 Å². The molecule has 0 radical (unpaired) electrons. The number of aliphatic hydroxyl groups is 2. The molecule has 0 rings (SSSR count). The van der Waals surface area contributed by atoms with Crippen LogP contribution in [0, 0.1) is 0 Å². The van der Waals surface area contributed by atoms with Crippen LogP contribution in [0.3, 0.4) is 0 Å². The lowest BCUT2D eigenvalue weighted by atomic mass is 10.4. The second kappa shape index (κ2) is 14.7. The summed E-state index contributed by atoms with van der Waals surface area (Å²) in [4.78, 5) is 21.9. The van der Waals surface area contributed by atoms with Gasteiger partial charge >= 0.3 is 11.9 Å². The van der Waals surface area contributed by atoms with Crippen molar-refractivity contribution in [3.05, 3.63) is 24.3 Å². The van der Waals surface area contributed by atoms with Crippen molar-refractivity contribution in [2.75, 3.05) is 39.6 Å². The zero-order valence-corrected chi connectivity index (χ0v) is 12.6. The van der Waals surface area contributed by atoms with Crippen molar-refractivity contribution in [3.63, 3.8) is 0 Å². The van der Waals surface area contributed by atoms with Crippen LogP contribution in [-0.4, -0.2) is 61.8 Å². The minimum absolute atomic E-state index is 0.125. The highest BCUT2D eigenvalue weighted by Gasteiger charge is 2.03. The molecule has 2 N–H and O–H groups in total. The van der Waals surface area contributed by atoms with E-state index in [1.54, 1.807) is 13.8 Å². The van der Waals surface area contributed by atoms with E-state index in [0.717, 1.165) is 0 Å². The molecule has 0 fully saturated rings. The van der Waals surface area contributed by atoms with Crippen molar-refractivity contribution in [1.82, 2.24) is 0 Å². The first-order valence-corrected chi connectivity index (χ1v) is 6.31. The minimum atomic E-state index is -0.442. The van der Waals surface area contributed by atoms with Gasteiger partial charge in [-0.3, -0.25) is 0 Å². The molecule has 0 spiro atoms. The molecule has 122 valence electrons. The third-order valence-corrected chi connectivity index (χ3v) is 1.72. The Morgan fingerprint density at radius 2 is 1.14 bits per heavy atom. The summed E-state index contributed by atoms with van der Waals surface area (Å²) in [6, 6.07) is 0. The fourth-order valence-electron chi connectivity index (χ4n) is 0.735. The third kappa shape index (κ3) is 16.2. The van der Waals surface area contributed by atoms with E-state index < -0.39 is 11.9 Å². The molecule has 0 aliphatic heterocycles. The summed E-state index contributed by atoms with van der Waals surface area (Å²) >= 11 is 0. The number of carbonyl (C=O) groups is 2. The summed E-state index contributed by atoms with van der Waals surface area (Å²) in [5.41, 5.74) is 0.695. The zero-order chi connectivity index (χ0) is 16.7. The Bertz CT molecular complexity index is 304. The molecule has 0 aromatic heterocycles. The van der Waals surface area contributed by atoms with Crippen LogP contribution in [0.25, 0.3) is 0 Å². The Morgan fingerprint density at radius 3 is 1.38 bits per heavy atom. The number of aliphatic hydroxyl groups excluding tert-OH is 2. The molecule has 0 aromatic carbocycles. The number of hydrogen-bond acceptors (Lipinski definition) is 7. The Labute approximate surface area is 124 Å². The average Bonchev–Trinajstić information content (AvgIpc) is 2.45. The molecule has 0 aliphatic carbocycles. The summed E-state index contributed by atoms with van der Waals surface area (Å²) < 4.78 is 14.6. The molecule has 7 heteroatoms. The van der Waals surface area contributed by atoms with E-state index in [-0.39, 0.29) is 39.6 Å². The molecule has 0 saturated heterocycles. The van der Waals surface area contributed by atoms with Gasteiger partial charge in [0.15, 0.2) is 0 Å². The fraction of sp³-hybridized carbons (Fsp3) is 0.571. The second-order valence-electron chi connectivity index (χ2n) is 3.89. The van der Waals surface area contributed by atoms with E-state index in [4.69, 9.17) is 24.4 Å². The van der Waals surface area contributed by atoms with E-state index in [2.05, 4.69) is 13.2 Å². The first-order chi connectivity index (χ1) is 9.86. The summed E-state index contributed by atoms with van der Waals surface area (Å²) in [5.74, 6) is -0.885. The maximum Gasteiger partial charge on any atom is 0.333 e. The minimum Gasteiger partial charge on any atom is -0.460 e. The van der Waals surface area contributed by atoms with Crippen molar-refractivity contribution in [2.24, 2.45) is 0 Å². The number of carbonyl (C=O) groups excluding carboxylic acids is 2. The lowest BCUT2D eigenvalue weighted by Gasteiger charge is -2.06. The van der Waals surface area contributed by atoms with E-state index in [1.807, 2.05) is 0 Å². The summed E-state index contributed by atoms with van der Waals surface area (Å²) in [6.07, 6.45) is 0. The molecule has 0 aliphatic rings. The monoisotopic (exact) mass is 304 g/mol. The van der Waals surface area contributed by atoms with E-state index >= 15 is 0 Å². The highest BCUT2D eigenvalue weighted by Crippen LogP contribution is 1.93. The highest BCUT2D eigenvalue weighted by atomic mass is 16.6. The van der Waals surface area contributed by atoms with E-state index in [0.29, 0.717) is 11.1 Å². The van der Waals surface area contributed by atoms with Crippen molar-refractivity contribution in [2.45, 2.75) is 13.8 Å². The lowest BCUT2D eigenvalue weighted by molar-refractivity contribution is -0.141. The maximum atomic E-state index is 10.9. The molecule has 21 heavy (non-hydrogen) atoms. The topological polar surface area (TPSA) is 102 Å². The Morgan fingerprint density at radius 1 is 0.810 bits per heavy atom. The predicted molar refractivity (Wildman–Crippen MR) is 76.5 cm³/mol. The molecule has 0 amide bonds. The summed E-state index contributed by atoms with van der Waals surface area (Å²) in [5, 5.41) is 15.2. The first-order valence-electron chi connectivity index (χ1n) is 6.31. The van der Waals surface area contributed by atoms with Gasteiger partial charge in [0.1, 0.15) is 13.2 Å². The fourth-order valence-corrected chi connectivity index (χ4v) is 0.735. The number of esters is 2. The van der Waals surface area contributed by atoms with Gasteiger partial charge in [-0.15, -0.1) is 0 Å². The smallest absolute Gasteiger partial charge is 0.333 e. The van der Waals surface area contributed by atoms with Gasteiger partial charge in [-0.05, 0) is 13.8 Å². The van der Waals surface area contributed by atoms with Gasteiger partial charge in [-0.2, -0.15) is 0 Å². The summed E-state index contributed by atoms with van der Waals surface area (Å²) in [7, 11) is 0. The van der Waals surface area contributed by atoms with Crippen molar-refractivity contribution in [1.29, 1.82) is 0 Å². The number of rotatable bonds is 9. The van der Waals surface area contributed by atoms with Crippen LogP contribution in [0.5, 0.6) is 0 Å². The number of ether oxygens (including phenoxy) is 3. The predicted octanol–water partition coefficient (Wildman–Crippen LogP) is 0.213. The average molecular weight is 304 g/mol. The van der Waals surface area contributed by atoms with Gasteiger partial charge in [-0.1, -0.05) is 13.2 Å². The SMILES string of the molecule is C=C(C)C(=O)OCCOCCOC(=O)C(=C)C.OCCO. The van der Waals surface area contributed by atoms with Crippen LogP contribution in [0.15, 0.2) is 24.3 Å². The first kappa shape index (κ1) is 21.6. The molecule has 0 unspecified atom stereocenters. The quantitative estimate of drug-likeness (QED) is 0.357. The molecule has 0 heterocycles. The highest BCUT2D eigenvalue weighted by molar-refractivity contribution is 5.87. The molecular formula is C14H24O7. The molecule has 0 bridgehead atoms. The van der Waals surface area contributed by atoms with Gasteiger partial charge in [0.25, 0.3) is 0 Å². The largest absolute Gasteiger partial charge is 0.460 e. The molecule has 0 saturated carbocycles. The normalized spacial score (nSPS) is 9.14. The van der Waals surface area contributed by atoms with Crippen molar-refractivity contribution < 1.29 is 34.0 Å². The maximum absolute atomic E-state index is 10.9. The number of hydrogen-bond donors (Lipinski definition) is 2. The third-order valence-electron chi connectivity index (χ3n) is 1.72. The van der Waals surface area contributed by atoms with Crippen LogP contribution >= 0.6 is 0 Å². The molecular weight excluding hydrogens is 280 g/mol. The lowest BCUT2D eigenvalue weighted by Crippen LogP contribution is -2.14. The Kier molecular flexibility index (Phi) is 15.1. The van der Waals surface area contributed by atoms with Gasteiger partial charge in [0.05, 0.1) is 26.4 Å². The van der Waals surface area contributed by atoms with Crippen LogP contribution in [0.1, 0.15) is 13.8 Å². The van der Waals surface area contributed by atoms with Gasteiger partial charge in [0.2, 0.25) is 0 Å². The van der Waals surface area contributed by atoms with Gasteiger partial charge in [-0.25, -0.2) is 9.59 Å². The van der Waals surface area contributed by atoms with E-state index in [1.165, 1.54) is 0 Å². The second-order valence-corrected chi connectivity index (χ2v) is 3.89. The van der Waals surface area contributed by atoms with E-state index in [9.17, 15) is 9.59 Å². The van der Waals surface area contributed by atoms with Crippen molar-refractivity contribution in [3.8, 4) is 0 Å². The Hall–Kier alpha value is -1.70. The van der Waals surface area contributed by atoms with Crippen LogP contribution < -0.4 is 0 Å². The van der Waals surface area contributed by atoms with Gasteiger partial charge < -0.3 is 24.4 Å². The zero-order valence-electron chi connectivity index (χ0n) is 12.6. The van der Waals surface area contributed by atoms with Crippen LogP contribution in [0.2, 0.25) is 0 Å².